The molecule has 0 fully saturated rings. The molecule has 0 atom stereocenters. The molecule has 0 saturated heterocycles. The normalized spacial score (nSPS) is 11.5. The van der Waals surface area contributed by atoms with E-state index in [1.54, 1.807) is 36.4 Å². The quantitative estimate of drug-likeness (QED) is 0.778. The van der Waals surface area contributed by atoms with E-state index >= 15 is 0 Å². The number of anilines is 1. The third kappa shape index (κ3) is 2.99. The predicted octanol–water partition coefficient (Wildman–Crippen LogP) is 3.74. The van der Waals surface area contributed by atoms with E-state index in [1.165, 1.54) is 12.1 Å². The van der Waals surface area contributed by atoms with Gasteiger partial charge in [-0.2, -0.15) is 0 Å². The largest absolute Gasteiger partial charge is 0.263 e. The van der Waals surface area contributed by atoms with Gasteiger partial charge in [0, 0.05) is 5.02 Å². The fourth-order valence-corrected chi connectivity index (χ4v) is 3.41. The predicted molar refractivity (Wildman–Crippen MR) is 86.8 cm³/mol. The summed E-state index contributed by atoms with van der Waals surface area (Å²) in [5, 5.41) is 0.294. The summed E-state index contributed by atoms with van der Waals surface area (Å²) in [6, 6.07) is 12.9. The van der Waals surface area contributed by atoms with Gasteiger partial charge in [0.15, 0.2) is 11.0 Å². The number of hydrogen-bond donors (Lipinski definition) is 1. The zero-order chi connectivity index (χ0) is 15.7. The highest BCUT2D eigenvalue weighted by Gasteiger charge is 2.18. The Hall–Kier alpha value is -1.89. The van der Waals surface area contributed by atoms with Crippen LogP contribution in [-0.4, -0.2) is 18.4 Å². The lowest BCUT2D eigenvalue weighted by Crippen LogP contribution is -2.14. The number of para-hydroxylation sites is 2. The van der Waals surface area contributed by atoms with Crippen molar-refractivity contribution in [2.45, 2.75) is 4.90 Å². The van der Waals surface area contributed by atoms with Crippen molar-refractivity contribution in [1.29, 1.82) is 0 Å². The monoisotopic (exact) mass is 353 g/mol. The molecule has 5 nitrogen and oxygen atoms in total. The van der Waals surface area contributed by atoms with E-state index in [0.717, 1.165) is 0 Å². The maximum absolute atomic E-state index is 12.3. The molecule has 1 heterocycles. The number of sulfonamides is 1. The third-order valence-electron chi connectivity index (χ3n) is 2.87. The zero-order valence-corrected chi connectivity index (χ0v) is 13.3. The maximum Gasteiger partial charge on any atom is 0.263 e. The highest BCUT2D eigenvalue weighted by atomic mass is 35.5. The minimum absolute atomic E-state index is 0.0195. The van der Waals surface area contributed by atoms with Crippen molar-refractivity contribution in [3.8, 4) is 0 Å². The molecule has 1 N–H and O–H groups in total. The molecule has 0 unspecified atom stereocenters. The minimum atomic E-state index is -3.85. The molecule has 0 aliphatic rings. The van der Waals surface area contributed by atoms with Crippen LogP contribution < -0.4 is 4.72 Å². The molecule has 22 heavy (non-hydrogen) atoms. The van der Waals surface area contributed by atoms with Gasteiger partial charge in [-0.1, -0.05) is 41.4 Å². The summed E-state index contributed by atoms with van der Waals surface area (Å²) < 4.78 is 27.0. The van der Waals surface area contributed by atoms with Gasteiger partial charge in [-0.15, -0.1) is 0 Å². The van der Waals surface area contributed by atoms with Gasteiger partial charge in [-0.25, -0.2) is 18.4 Å². The molecule has 2 aromatic carbocycles. The van der Waals surface area contributed by atoms with Crippen molar-refractivity contribution in [2.75, 3.05) is 4.72 Å². The van der Waals surface area contributed by atoms with Crippen LogP contribution in [0.2, 0.25) is 10.2 Å². The van der Waals surface area contributed by atoms with Gasteiger partial charge in [0.2, 0.25) is 0 Å². The molecule has 8 heteroatoms. The van der Waals surface area contributed by atoms with Crippen LogP contribution in [0.4, 0.5) is 5.82 Å². The maximum atomic E-state index is 12.3. The lowest BCUT2D eigenvalue weighted by atomic mass is 10.3. The van der Waals surface area contributed by atoms with Gasteiger partial charge in [0.05, 0.1) is 15.9 Å². The van der Waals surface area contributed by atoms with Crippen LogP contribution in [0, 0.1) is 0 Å². The molecule has 0 bridgehead atoms. The van der Waals surface area contributed by atoms with Crippen molar-refractivity contribution in [1.82, 2.24) is 9.97 Å². The second-order valence-electron chi connectivity index (χ2n) is 4.41. The number of hydrogen-bond acceptors (Lipinski definition) is 4. The van der Waals surface area contributed by atoms with Gasteiger partial charge >= 0.3 is 0 Å². The molecule has 0 saturated carbocycles. The third-order valence-corrected chi connectivity index (χ3v) is 4.70. The second kappa shape index (κ2) is 5.72. The van der Waals surface area contributed by atoms with Crippen molar-refractivity contribution in [2.24, 2.45) is 0 Å². The fourth-order valence-electron chi connectivity index (χ4n) is 1.86. The van der Waals surface area contributed by atoms with E-state index in [9.17, 15) is 8.42 Å². The summed E-state index contributed by atoms with van der Waals surface area (Å²) in [5.41, 5.74) is 1.12. The van der Waals surface area contributed by atoms with E-state index in [1.807, 2.05) is 0 Å². The summed E-state index contributed by atoms with van der Waals surface area (Å²) in [7, 11) is -3.85. The number of halogens is 2. The molecule has 0 amide bonds. The first kappa shape index (κ1) is 15.0. The van der Waals surface area contributed by atoms with E-state index in [4.69, 9.17) is 23.2 Å². The Labute approximate surface area is 137 Å². The summed E-state index contributed by atoms with van der Waals surface area (Å²) in [5.74, 6) is -0.0275. The van der Waals surface area contributed by atoms with Crippen molar-refractivity contribution >= 4 is 50.1 Å². The molecule has 3 rings (SSSR count). The van der Waals surface area contributed by atoms with Crippen molar-refractivity contribution < 1.29 is 8.42 Å². The van der Waals surface area contributed by atoms with E-state index in [0.29, 0.717) is 16.1 Å². The summed E-state index contributed by atoms with van der Waals surface area (Å²) in [4.78, 5) is 8.33. The molecule has 1 aromatic heterocycles. The van der Waals surface area contributed by atoms with Crippen LogP contribution in [0.15, 0.2) is 53.4 Å². The van der Waals surface area contributed by atoms with Crippen molar-refractivity contribution in [3.05, 3.63) is 58.7 Å². The van der Waals surface area contributed by atoms with Crippen LogP contribution in [-0.2, 0) is 10.0 Å². The molecule has 0 radical (unpaired) electrons. The van der Waals surface area contributed by atoms with Crippen molar-refractivity contribution in [3.63, 3.8) is 0 Å². The van der Waals surface area contributed by atoms with Gasteiger partial charge in [-0.05, 0) is 30.3 Å². The lowest BCUT2D eigenvalue weighted by Gasteiger charge is -2.09. The van der Waals surface area contributed by atoms with Gasteiger partial charge in [0.1, 0.15) is 0 Å². The highest BCUT2D eigenvalue weighted by Crippen LogP contribution is 2.24. The average Bonchev–Trinajstić information content (AvgIpc) is 2.48. The first-order valence-electron chi connectivity index (χ1n) is 6.16. The Bertz CT molecular complexity index is 961. The molecular weight excluding hydrogens is 345 g/mol. The highest BCUT2D eigenvalue weighted by molar-refractivity contribution is 7.92. The van der Waals surface area contributed by atoms with Gasteiger partial charge < -0.3 is 0 Å². The average molecular weight is 354 g/mol. The molecule has 112 valence electrons. The standard InChI is InChI=1S/C14H9Cl2N3O2S/c15-9-4-3-5-10(8-9)22(20,21)19-14-13(16)17-11-6-1-2-7-12(11)18-14/h1-8H,(H,18,19). The SMILES string of the molecule is O=S(=O)(Nc1nc2ccccc2nc1Cl)c1cccc(Cl)c1. The number of aromatic nitrogens is 2. The minimum Gasteiger partial charge on any atom is -0.261 e. The Morgan fingerprint density at radius 3 is 2.27 bits per heavy atom. The fraction of sp³-hybridized carbons (Fsp3) is 0. The molecule has 3 aromatic rings. The number of nitrogens with zero attached hydrogens (tertiary/aromatic N) is 2. The Morgan fingerprint density at radius 2 is 1.59 bits per heavy atom. The number of benzene rings is 2. The summed E-state index contributed by atoms with van der Waals surface area (Å²) in [6.45, 7) is 0. The Balaban J connectivity index is 2.03. The number of fused-ring (bicyclic) bond motifs is 1. The summed E-state index contributed by atoms with van der Waals surface area (Å²) in [6.07, 6.45) is 0. The smallest absolute Gasteiger partial charge is 0.261 e. The topological polar surface area (TPSA) is 72.0 Å². The Kier molecular flexibility index (Phi) is 3.90. The van der Waals surface area contributed by atoms with E-state index in [2.05, 4.69) is 14.7 Å². The van der Waals surface area contributed by atoms with Crippen LogP contribution in [0.25, 0.3) is 11.0 Å². The first-order chi connectivity index (χ1) is 10.5. The number of nitrogens with one attached hydrogen (secondary N) is 1. The Morgan fingerprint density at radius 1 is 0.909 bits per heavy atom. The molecule has 0 spiro atoms. The summed E-state index contributed by atoms with van der Waals surface area (Å²) >= 11 is 11.8. The van der Waals surface area contributed by atoms with Crippen LogP contribution >= 0.6 is 23.2 Å². The molecule has 0 aliphatic carbocycles. The van der Waals surface area contributed by atoms with E-state index in [-0.39, 0.29) is 15.9 Å². The van der Waals surface area contributed by atoms with Crippen LogP contribution in [0.3, 0.4) is 0 Å². The van der Waals surface area contributed by atoms with Crippen LogP contribution in [0.5, 0.6) is 0 Å². The van der Waals surface area contributed by atoms with Gasteiger partial charge in [0.25, 0.3) is 10.0 Å². The van der Waals surface area contributed by atoms with Crippen LogP contribution in [0.1, 0.15) is 0 Å². The first-order valence-corrected chi connectivity index (χ1v) is 8.40. The molecular formula is C14H9Cl2N3O2S. The number of rotatable bonds is 3. The van der Waals surface area contributed by atoms with E-state index < -0.39 is 10.0 Å². The lowest BCUT2D eigenvalue weighted by molar-refractivity contribution is 0.601. The van der Waals surface area contributed by atoms with Gasteiger partial charge in [-0.3, -0.25) is 4.72 Å². The molecule has 0 aliphatic heterocycles. The zero-order valence-electron chi connectivity index (χ0n) is 11.0. The second-order valence-corrected chi connectivity index (χ2v) is 6.89.